The summed E-state index contributed by atoms with van der Waals surface area (Å²) in [6.45, 7) is 2.72. The van der Waals surface area contributed by atoms with E-state index in [1.54, 1.807) is 0 Å². The molecule has 6 heteroatoms. The number of aliphatic hydroxyl groups is 1. The van der Waals surface area contributed by atoms with Crippen LogP contribution < -0.4 is 5.32 Å². The number of nitrogens with zero attached hydrogens (tertiary/aromatic N) is 1. The molecule has 25 heavy (non-hydrogen) atoms. The van der Waals surface area contributed by atoms with Crippen LogP contribution in [0.2, 0.25) is 0 Å². The van der Waals surface area contributed by atoms with Crippen LogP contribution in [-0.4, -0.2) is 34.2 Å². The molecule has 5 fully saturated rings. The van der Waals surface area contributed by atoms with Crippen LogP contribution in [0.5, 0.6) is 0 Å². The highest BCUT2D eigenvalue weighted by atomic mass is 32.1. The average Bonchev–Trinajstić information content (AvgIpc) is 3.18. The lowest BCUT2D eigenvalue weighted by Gasteiger charge is -2.58. The van der Waals surface area contributed by atoms with Gasteiger partial charge in [-0.2, -0.15) is 0 Å². The molecule has 4 bridgehead atoms. The van der Waals surface area contributed by atoms with Gasteiger partial charge in [0.25, 0.3) is 5.91 Å². The second kappa shape index (κ2) is 5.76. The van der Waals surface area contributed by atoms with E-state index in [1.807, 2.05) is 6.92 Å². The Labute approximate surface area is 152 Å². The maximum Gasteiger partial charge on any atom is 0.263 e. The second-order valence-electron chi connectivity index (χ2n) is 8.64. The predicted octanol–water partition coefficient (Wildman–Crippen LogP) is 2.97. The monoisotopic (exact) mass is 362 g/mol. The summed E-state index contributed by atoms with van der Waals surface area (Å²) in [5.41, 5.74) is 0.377. The fourth-order valence-electron chi connectivity index (χ4n) is 6.05. The van der Waals surface area contributed by atoms with Crippen molar-refractivity contribution in [2.75, 3.05) is 6.61 Å². The lowest BCUT2D eigenvalue weighted by Crippen LogP contribution is -2.61. The number of carbonyl (C=O) groups excluding carboxylic acids is 1. The zero-order valence-corrected chi connectivity index (χ0v) is 15.5. The van der Waals surface area contributed by atoms with Crippen LogP contribution in [0, 0.1) is 24.7 Å². The fraction of sp³-hybridized carbons (Fsp3) is 0.789. The van der Waals surface area contributed by atoms with Crippen molar-refractivity contribution in [1.29, 1.82) is 0 Å². The normalized spacial score (nSPS) is 42.1. The molecule has 136 valence electrons. The first-order valence-corrected chi connectivity index (χ1v) is 10.4. The minimum atomic E-state index is -0.457. The van der Waals surface area contributed by atoms with Gasteiger partial charge in [0, 0.05) is 12.6 Å². The van der Waals surface area contributed by atoms with Gasteiger partial charge in [-0.1, -0.05) is 0 Å². The minimum Gasteiger partial charge on any atom is -0.390 e. The van der Waals surface area contributed by atoms with Crippen LogP contribution in [-0.2, 0) is 4.74 Å². The number of aryl methyl sites for hydroxylation is 1. The molecular weight excluding hydrogens is 336 g/mol. The first-order chi connectivity index (χ1) is 12.0. The Morgan fingerprint density at radius 3 is 2.72 bits per heavy atom. The molecule has 1 saturated heterocycles. The van der Waals surface area contributed by atoms with Gasteiger partial charge >= 0.3 is 0 Å². The smallest absolute Gasteiger partial charge is 0.263 e. The highest BCUT2D eigenvalue weighted by Gasteiger charge is 2.55. The summed E-state index contributed by atoms with van der Waals surface area (Å²) in [4.78, 5) is 18.4. The van der Waals surface area contributed by atoms with Crippen LogP contribution in [0.15, 0.2) is 0 Å². The van der Waals surface area contributed by atoms with E-state index in [0.29, 0.717) is 17.8 Å². The lowest BCUT2D eigenvalue weighted by atomic mass is 9.52. The van der Waals surface area contributed by atoms with Crippen LogP contribution in [0.25, 0.3) is 0 Å². The number of hydrogen-bond acceptors (Lipinski definition) is 5. The molecule has 1 aromatic rings. The van der Waals surface area contributed by atoms with Crippen molar-refractivity contribution in [3.8, 4) is 0 Å². The van der Waals surface area contributed by atoms with Gasteiger partial charge in [0.1, 0.15) is 11.0 Å². The SMILES string of the molecule is Cc1nc([C@@H]2CCCO2)c(C(=O)NC2C3CC4CC2CC(O)(C4)C3)s1. The van der Waals surface area contributed by atoms with Crippen LogP contribution in [0.3, 0.4) is 0 Å². The zero-order chi connectivity index (χ0) is 17.2. The Kier molecular flexibility index (Phi) is 3.74. The number of amides is 1. The van der Waals surface area contributed by atoms with E-state index in [-0.39, 0.29) is 18.1 Å². The van der Waals surface area contributed by atoms with Gasteiger partial charge in [0.15, 0.2) is 0 Å². The summed E-state index contributed by atoms with van der Waals surface area (Å²) in [6, 6.07) is 0.212. The Morgan fingerprint density at radius 1 is 1.32 bits per heavy atom. The molecule has 1 aromatic heterocycles. The van der Waals surface area contributed by atoms with Crippen molar-refractivity contribution in [3.63, 3.8) is 0 Å². The average molecular weight is 362 g/mol. The van der Waals surface area contributed by atoms with Crippen molar-refractivity contribution in [2.24, 2.45) is 17.8 Å². The van der Waals surface area contributed by atoms with E-state index in [4.69, 9.17) is 4.74 Å². The Balaban J connectivity index is 1.36. The quantitative estimate of drug-likeness (QED) is 0.867. The molecule has 4 saturated carbocycles. The van der Waals surface area contributed by atoms with Gasteiger partial charge < -0.3 is 15.2 Å². The van der Waals surface area contributed by atoms with Crippen molar-refractivity contribution < 1.29 is 14.6 Å². The summed E-state index contributed by atoms with van der Waals surface area (Å²) in [5.74, 6) is 1.53. The van der Waals surface area contributed by atoms with Crippen molar-refractivity contribution in [3.05, 3.63) is 15.6 Å². The molecule has 0 aromatic carbocycles. The van der Waals surface area contributed by atoms with Gasteiger partial charge in [0.05, 0.1) is 16.3 Å². The first-order valence-electron chi connectivity index (χ1n) is 9.63. The first kappa shape index (κ1) is 16.2. The molecule has 1 amide bonds. The zero-order valence-electron chi connectivity index (χ0n) is 14.7. The lowest BCUT2D eigenvalue weighted by molar-refractivity contribution is -0.136. The third kappa shape index (κ3) is 2.73. The number of nitrogens with one attached hydrogen (secondary N) is 1. The second-order valence-corrected chi connectivity index (χ2v) is 9.85. The summed E-state index contributed by atoms with van der Waals surface area (Å²) in [7, 11) is 0. The molecule has 4 aliphatic carbocycles. The van der Waals surface area contributed by atoms with Gasteiger partial charge in [-0.25, -0.2) is 4.98 Å². The van der Waals surface area contributed by atoms with Gasteiger partial charge in [0.2, 0.25) is 0 Å². The molecule has 3 atom stereocenters. The van der Waals surface area contributed by atoms with Crippen molar-refractivity contribution in [1.82, 2.24) is 10.3 Å². The summed E-state index contributed by atoms with van der Waals surface area (Å²) in [5, 5.41) is 15.0. The van der Waals surface area contributed by atoms with Crippen molar-refractivity contribution in [2.45, 2.75) is 69.6 Å². The minimum absolute atomic E-state index is 0.0144. The molecule has 2 N–H and O–H groups in total. The number of ether oxygens (including phenoxy) is 1. The third-order valence-electron chi connectivity index (χ3n) is 6.74. The van der Waals surface area contributed by atoms with Crippen LogP contribution in [0.1, 0.15) is 71.4 Å². The third-order valence-corrected chi connectivity index (χ3v) is 7.73. The van der Waals surface area contributed by atoms with Crippen LogP contribution in [0.4, 0.5) is 0 Å². The highest BCUT2D eigenvalue weighted by Crippen LogP contribution is 2.55. The molecule has 2 heterocycles. The van der Waals surface area contributed by atoms with E-state index in [1.165, 1.54) is 11.3 Å². The fourth-order valence-corrected chi connectivity index (χ4v) is 6.92. The molecule has 5 aliphatic rings. The largest absolute Gasteiger partial charge is 0.390 e. The maximum absolute atomic E-state index is 13.0. The van der Waals surface area contributed by atoms with E-state index < -0.39 is 5.60 Å². The Bertz CT molecular complexity index is 681. The number of rotatable bonds is 3. The van der Waals surface area contributed by atoms with Crippen LogP contribution >= 0.6 is 11.3 Å². The topological polar surface area (TPSA) is 71.5 Å². The van der Waals surface area contributed by atoms with Gasteiger partial charge in [-0.15, -0.1) is 11.3 Å². The maximum atomic E-state index is 13.0. The standard InChI is InChI=1S/C19H26N2O3S/c1-10-20-16(14-3-2-4-24-14)17(25-10)18(22)21-15-12-5-11-6-13(15)9-19(23,7-11)8-12/h11-15,23H,2-9H2,1H3,(H,21,22)/t11?,12?,13?,14-,15?,19?/m0/s1. The molecule has 5 nitrogen and oxygen atoms in total. The van der Waals surface area contributed by atoms with E-state index in [2.05, 4.69) is 10.3 Å². The van der Waals surface area contributed by atoms with Crippen molar-refractivity contribution >= 4 is 17.2 Å². The molecule has 0 spiro atoms. The predicted molar refractivity (Wildman–Crippen MR) is 94.5 cm³/mol. The molecular formula is C19H26N2O3S. The summed E-state index contributed by atoms with van der Waals surface area (Å²) >= 11 is 1.48. The molecule has 0 radical (unpaired) electrons. The van der Waals surface area contributed by atoms with Gasteiger partial charge in [-0.3, -0.25) is 4.79 Å². The number of hydrogen-bond donors (Lipinski definition) is 2. The molecule has 1 aliphatic heterocycles. The van der Waals surface area contributed by atoms with E-state index in [0.717, 1.165) is 67.1 Å². The number of thiazole rings is 1. The van der Waals surface area contributed by atoms with Gasteiger partial charge in [-0.05, 0) is 69.6 Å². The van der Waals surface area contributed by atoms with E-state index >= 15 is 0 Å². The summed E-state index contributed by atoms with van der Waals surface area (Å²) < 4.78 is 5.77. The summed E-state index contributed by atoms with van der Waals surface area (Å²) in [6.07, 6.45) is 6.95. The Hall–Kier alpha value is -0.980. The highest BCUT2D eigenvalue weighted by molar-refractivity contribution is 7.13. The number of aromatic nitrogens is 1. The molecule has 2 unspecified atom stereocenters. The number of carbonyl (C=O) groups is 1. The molecule has 6 rings (SSSR count). The Morgan fingerprint density at radius 2 is 2.08 bits per heavy atom. The van der Waals surface area contributed by atoms with E-state index in [9.17, 15) is 9.90 Å².